The normalized spacial score (nSPS) is 9.22. The first kappa shape index (κ1) is 8.82. The zero-order chi connectivity index (χ0) is 7.28. The molecule has 0 aliphatic rings. The Morgan fingerprint density at radius 2 is 2.22 bits per heavy atom. The van der Waals surface area contributed by atoms with Gasteiger partial charge in [0.2, 0.25) is 5.91 Å². The molecule has 0 spiro atoms. The average Bonchev–Trinajstić information content (AvgIpc) is 1.82. The van der Waals surface area contributed by atoms with Crippen LogP contribution in [-0.2, 0) is 4.79 Å². The van der Waals surface area contributed by atoms with Crippen LogP contribution in [0.5, 0.6) is 0 Å². The fraction of sp³-hybridized carbons (Fsp3) is 0.833. The SMILES string of the molecule is CCCSN(C)C(C)=O. The molecule has 3 heteroatoms. The minimum absolute atomic E-state index is 0.119. The lowest BCUT2D eigenvalue weighted by atomic mass is 10.6. The molecule has 1 amide bonds. The molecule has 0 bridgehead atoms. The van der Waals surface area contributed by atoms with Crippen molar-refractivity contribution in [2.45, 2.75) is 20.3 Å². The Labute approximate surface area is 60.7 Å². The first-order valence-electron chi connectivity index (χ1n) is 3.05. The first-order valence-corrected chi connectivity index (χ1v) is 4.00. The molecule has 0 fully saturated rings. The predicted octanol–water partition coefficient (Wildman–Crippen LogP) is 1.52. The third-order valence-electron chi connectivity index (χ3n) is 0.933. The minimum Gasteiger partial charge on any atom is -0.290 e. The van der Waals surface area contributed by atoms with Gasteiger partial charge in [0.1, 0.15) is 0 Å². The van der Waals surface area contributed by atoms with E-state index in [0.29, 0.717) is 0 Å². The maximum Gasteiger partial charge on any atom is 0.229 e. The van der Waals surface area contributed by atoms with Crippen molar-refractivity contribution in [3.8, 4) is 0 Å². The molecule has 0 saturated heterocycles. The summed E-state index contributed by atoms with van der Waals surface area (Å²) in [5.41, 5.74) is 0. The van der Waals surface area contributed by atoms with Gasteiger partial charge in [-0.1, -0.05) is 6.92 Å². The monoisotopic (exact) mass is 147 g/mol. The number of hydrogen-bond acceptors (Lipinski definition) is 2. The maximum absolute atomic E-state index is 10.6. The van der Waals surface area contributed by atoms with Crippen molar-refractivity contribution in [1.29, 1.82) is 0 Å². The molecule has 0 atom stereocenters. The number of rotatable bonds is 3. The van der Waals surface area contributed by atoms with Crippen molar-refractivity contribution in [3.63, 3.8) is 0 Å². The molecule has 2 nitrogen and oxygen atoms in total. The highest BCUT2D eigenvalue weighted by Gasteiger charge is 1.99. The van der Waals surface area contributed by atoms with Crippen LogP contribution in [0.15, 0.2) is 0 Å². The number of carbonyl (C=O) groups excluding carboxylic acids is 1. The van der Waals surface area contributed by atoms with Crippen LogP contribution in [0.1, 0.15) is 20.3 Å². The second-order valence-electron chi connectivity index (χ2n) is 1.85. The summed E-state index contributed by atoms with van der Waals surface area (Å²) in [5.74, 6) is 1.14. The van der Waals surface area contributed by atoms with Crippen molar-refractivity contribution in [3.05, 3.63) is 0 Å². The van der Waals surface area contributed by atoms with Gasteiger partial charge in [-0.3, -0.25) is 9.10 Å². The van der Waals surface area contributed by atoms with E-state index >= 15 is 0 Å². The fourth-order valence-corrected chi connectivity index (χ4v) is 0.957. The van der Waals surface area contributed by atoms with E-state index in [9.17, 15) is 4.79 Å². The lowest BCUT2D eigenvalue weighted by Gasteiger charge is -2.11. The van der Waals surface area contributed by atoms with Crippen LogP contribution in [0.3, 0.4) is 0 Å². The summed E-state index contributed by atoms with van der Waals surface area (Å²) < 4.78 is 1.66. The first-order chi connectivity index (χ1) is 4.18. The molecule has 0 aromatic rings. The van der Waals surface area contributed by atoms with Gasteiger partial charge in [-0.2, -0.15) is 0 Å². The molecular formula is C6H13NOS. The smallest absolute Gasteiger partial charge is 0.229 e. The van der Waals surface area contributed by atoms with Crippen LogP contribution in [0.25, 0.3) is 0 Å². The van der Waals surface area contributed by atoms with Crippen LogP contribution >= 0.6 is 11.9 Å². The zero-order valence-electron chi connectivity index (χ0n) is 6.18. The van der Waals surface area contributed by atoms with E-state index < -0.39 is 0 Å². The van der Waals surface area contributed by atoms with Gasteiger partial charge in [-0.05, 0) is 18.4 Å². The van der Waals surface area contributed by atoms with Crippen LogP contribution in [-0.4, -0.2) is 23.0 Å². The van der Waals surface area contributed by atoms with E-state index in [1.54, 1.807) is 30.2 Å². The van der Waals surface area contributed by atoms with E-state index in [2.05, 4.69) is 6.92 Å². The Bertz CT molecular complexity index is 95.1. The van der Waals surface area contributed by atoms with Gasteiger partial charge in [-0.25, -0.2) is 0 Å². The molecule has 0 N–H and O–H groups in total. The predicted molar refractivity (Wildman–Crippen MR) is 41.2 cm³/mol. The van der Waals surface area contributed by atoms with Crippen molar-refractivity contribution >= 4 is 17.9 Å². The summed E-state index contributed by atoms with van der Waals surface area (Å²) >= 11 is 1.57. The maximum atomic E-state index is 10.6. The van der Waals surface area contributed by atoms with E-state index in [0.717, 1.165) is 12.2 Å². The molecule has 0 aromatic carbocycles. The third kappa shape index (κ3) is 4.33. The second-order valence-corrected chi connectivity index (χ2v) is 3.06. The van der Waals surface area contributed by atoms with Gasteiger partial charge in [0.15, 0.2) is 0 Å². The topological polar surface area (TPSA) is 20.3 Å². The number of amides is 1. The third-order valence-corrected chi connectivity index (χ3v) is 2.17. The van der Waals surface area contributed by atoms with Crippen LogP contribution in [0, 0.1) is 0 Å². The minimum atomic E-state index is 0.119. The highest BCUT2D eigenvalue weighted by atomic mass is 32.2. The molecule has 0 aliphatic carbocycles. The van der Waals surface area contributed by atoms with Gasteiger partial charge in [0.05, 0.1) is 0 Å². The van der Waals surface area contributed by atoms with E-state index in [1.807, 2.05) is 0 Å². The molecule has 9 heavy (non-hydrogen) atoms. The molecule has 0 rings (SSSR count). The Balaban J connectivity index is 3.27. The highest BCUT2D eigenvalue weighted by Crippen LogP contribution is 2.06. The number of nitrogens with zero attached hydrogens (tertiary/aromatic N) is 1. The molecule has 0 aliphatic heterocycles. The summed E-state index contributed by atoms with van der Waals surface area (Å²) in [6.07, 6.45) is 1.11. The lowest BCUT2D eigenvalue weighted by molar-refractivity contribution is -0.123. The fourth-order valence-electron chi connectivity index (χ4n) is 0.319. The Morgan fingerprint density at radius 1 is 1.67 bits per heavy atom. The highest BCUT2D eigenvalue weighted by molar-refractivity contribution is 7.97. The van der Waals surface area contributed by atoms with Crippen LogP contribution in [0.4, 0.5) is 0 Å². The number of carbonyl (C=O) groups is 1. The van der Waals surface area contributed by atoms with Gasteiger partial charge in [0, 0.05) is 19.7 Å². The number of hydrogen-bond donors (Lipinski definition) is 0. The molecule has 0 saturated carbocycles. The van der Waals surface area contributed by atoms with Crippen molar-refractivity contribution < 1.29 is 4.79 Å². The molecule has 0 unspecified atom stereocenters. The van der Waals surface area contributed by atoms with Gasteiger partial charge in [-0.15, -0.1) is 0 Å². The molecule has 0 radical (unpaired) electrons. The largest absolute Gasteiger partial charge is 0.290 e. The Hall–Kier alpha value is -0.180. The second kappa shape index (κ2) is 4.68. The van der Waals surface area contributed by atoms with Crippen molar-refractivity contribution in [2.24, 2.45) is 0 Å². The van der Waals surface area contributed by atoms with Gasteiger partial charge < -0.3 is 0 Å². The van der Waals surface area contributed by atoms with Crippen LogP contribution < -0.4 is 0 Å². The average molecular weight is 147 g/mol. The Kier molecular flexibility index (Phi) is 4.58. The Morgan fingerprint density at radius 3 is 2.56 bits per heavy atom. The van der Waals surface area contributed by atoms with E-state index in [4.69, 9.17) is 0 Å². The molecule has 0 aromatic heterocycles. The molecule has 54 valence electrons. The van der Waals surface area contributed by atoms with Crippen molar-refractivity contribution in [2.75, 3.05) is 12.8 Å². The summed E-state index contributed by atoms with van der Waals surface area (Å²) in [6.45, 7) is 3.67. The lowest BCUT2D eigenvalue weighted by Crippen LogP contribution is -2.15. The van der Waals surface area contributed by atoms with E-state index in [-0.39, 0.29) is 5.91 Å². The summed E-state index contributed by atoms with van der Waals surface area (Å²) in [4.78, 5) is 10.6. The molecule has 0 heterocycles. The van der Waals surface area contributed by atoms with E-state index in [1.165, 1.54) is 0 Å². The summed E-state index contributed by atoms with van der Waals surface area (Å²) in [6, 6.07) is 0. The summed E-state index contributed by atoms with van der Waals surface area (Å²) in [5, 5.41) is 0. The van der Waals surface area contributed by atoms with Crippen LogP contribution in [0.2, 0.25) is 0 Å². The summed E-state index contributed by atoms with van der Waals surface area (Å²) in [7, 11) is 1.79. The standard InChI is InChI=1S/C6H13NOS/c1-4-5-9-7(3)6(2)8/h4-5H2,1-3H3. The van der Waals surface area contributed by atoms with Crippen molar-refractivity contribution in [1.82, 2.24) is 4.31 Å². The quantitative estimate of drug-likeness (QED) is 0.564. The molecular weight excluding hydrogens is 134 g/mol. The zero-order valence-corrected chi connectivity index (χ0v) is 6.99. The van der Waals surface area contributed by atoms with Gasteiger partial charge in [0.25, 0.3) is 0 Å². The van der Waals surface area contributed by atoms with Gasteiger partial charge >= 0.3 is 0 Å².